The standard InChI is InChI=1S/C24H30F2N2O4/c1-14-4-5-22-18(8-14)19(6-7-32-22)27-13-21(29)20(28-23(30)24(2,3)31)11-15-9-16(25)12-17(26)10-15/h4-5,8-10,12,19-21,27,29,31H,6-7,11,13H2,1-3H3,(H,28,30). The van der Waals surface area contributed by atoms with Crippen molar-refractivity contribution in [2.45, 2.75) is 57.4 Å². The van der Waals surface area contributed by atoms with Crippen LogP contribution in [0.4, 0.5) is 8.78 Å². The SMILES string of the molecule is Cc1ccc2c(c1)C(NCC(O)C(Cc1cc(F)cc(F)c1)NC(=O)C(C)(C)O)CCO2. The highest BCUT2D eigenvalue weighted by Gasteiger charge is 2.30. The minimum Gasteiger partial charge on any atom is -0.493 e. The lowest BCUT2D eigenvalue weighted by Crippen LogP contribution is -2.54. The van der Waals surface area contributed by atoms with Crippen LogP contribution in [0.5, 0.6) is 5.75 Å². The summed E-state index contributed by atoms with van der Waals surface area (Å²) in [5.74, 6) is -1.38. The first-order valence-electron chi connectivity index (χ1n) is 10.7. The smallest absolute Gasteiger partial charge is 0.251 e. The summed E-state index contributed by atoms with van der Waals surface area (Å²) in [6.07, 6.45) is -0.384. The Kier molecular flexibility index (Phi) is 7.48. The quantitative estimate of drug-likeness (QED) is 0.498. The molecule has 6 nitrogen and oxygen atoms in total. The molecule has 2 aromatic carbocycles. The van der Waals surface area contributed by atoms with Gasteiger partial charge in [-0.1, -0.05) is 17.7 Å². The Balaban J connectivity index is 1.74. The van der Waals surface area contributed by atoms with E-state index in [4.69, 9.17) is 4.74 Å². The lowest BCUT2D eigenvalue weighted by Gasteiger charge is -2.31. The minimum absolute atomic E-state index is 0.0111. The summed E-state index contributed by atoms with van der Waals surface area (Å²) in [7, 11) is 0. The molecule has 0 aliphatic carbocycles. The van der Waals surface area contributed by atoms with Crippen LogP contribution in [-0.2, 0) is 11.2 Å². The third kappa shape index (κ3) is 6.25. The van der Waals surface area contributed by atoms with Crippen molar-refractivity contribution in [2.24, 2.45) is 0 Å². The Bertz CT molecular complexity index is 941. The van der Waals surface area contributed by atoms with Crippen LogP contribution in [0.3, 0.4) is 0 Å². The fraction of sp³-hybridized carbons (Fsp3) is 0.458. The minimum atomic E-state index is -1.67. The molecule has 2 aromatic rings. The van der Waals surface area contributed by atoms with Gasteiger partial charge < -0.3 is 25.6 Å². The van der Waals surface area contributed by atoms with Crippen LogP contribution in [0.15, 0.2) is 36.4 Å². The molecule has 0 fully saturated rings. The molecule has 3 unspecified atom stereocenters. The number of fused-ring (bicyclic) bond motifs is 1. The van der Waals surface area contributed by atoms with Crippen LogP contribution >= 0.6 is 0 Å². The van der Waals surface area contributed by atoms with Crippen LogP contribution in [-0.4, -0.2) is 47.0 Å². The number of carbonyl (C=O) groups excluding carboxylic acids is 1. The molecule has 4 N–H and O–H groups in total. The van der Waals surface area contributed by atoms with Crippen LogP contribution in [0.2, 0.25) is 0 Å². The maximum Gasteiger partial charge on any atom is 0.251 e. The maximum absolute atomic E-state index is 13.6. The second-order valence-electron chi connectivity index (χ2n) is 8.83. The highest BCUT2D eigenvalue weighted by molar-refractivity contribution is 5.84. The Morgan fingerprint density at radius 2 is 1.91 bits per heavy atom. The first-order valence-corrected chi connectivity index (χ1v) is 10.7. The number of ether oxygens (including phenoxy) is 1. The van der Waals surface area contributed by atoms with E-state index in [9.17, 15) is 23.8 Å². The molecule has 0 radical (unpaired) electrons. The second-order valence-corrected chi connectivity index (χ2v) is 8.83. The first-order chi connectivity index (χ1) is 15.0. The average Bonchev–Trinajstić information content (AvgIpc) is 2.70. The van der Waals surface area contributed by atoms with E-state index in [-0.39, 0.29) is 24.6 Å². The van der Waals surface area contributed by atoms with Gasteiger partial charge in [-0.05, 0) is 51.0 Å². The first kappa shape index (κ1) is 24.1. The van der Waals surface area contributed by atoms with E-state index in [0.29, 0.717) is 13.0 Å². The molecular formula is C24H30F2N2O4. The van der Waals surface area contributed by atoms with Crippen molar-refractivity contribution in [3.63, 3.8) is 0 Å². The third-order valence-corrected chi connectivity index (χ3v) is 5.49. The molecule has 1 heterocycles. The normalized spacial score (nSPS) is 17.8. The van der Waals surface area contributed by atoms with Crippen LogP contribution in [0.1, 0.15) is 43.0 Å². The van der Waals surface area contributed by atoms with Crippen molar-refractivity contribution >= 4 is 5.91 Å². The third-order valence-electron chi connectivity index (χ3n) is 5.49. The Labute approximate surface area is 186 Å². The van der Waals surface area contributed by atoms with Crippen molar-refractivity contribution < 1.29 is 28.5 Å². The summed E-state index contributed by atoms with van der Waals surface area (Å²) >= 11 is 0. The van der Waals surface area contributed by atoms with E-state index in [0.717, 1.165) is 35.1 Å². The van der Waals surface area contributed by atoms with E-state index in [1.54, 1.807) is 0 Å². The summed E-state index contributed by atoms with van der Waals surface area (Å²) < 4.78 is 33.0. The van der Waals surface area contributed by atoms with Crippen LogP contribution in [0.25, 0.3) is 0 Å². The van der Waals surface area contributed by atoms with Gasteiger partial charge in [0, 0.05) is 30.6 Å². The molecule has 8 heteroatoms. The zero-order chi connectivity index (χ0) is 23.5. The van der Waals surface area contributed by atoms with Gasteiger partial charge in [0.25, 0.3) is 5.91 Å². The van der Waals surface area contributed by atoms with Gasteiger partial charge in [-0.25, -0.2) is 8.78 Å². The molecule has 0 aromatic heterocycles. The molecule has 3 rings (SSSR count). The molecule has 0 spiro atoms. The van der Waals surface area contributed by atoms with Crippen molar-refractivity contribution in [1.29, 1.82) is 0 Å². The van der Waals surface area contributed by atoms with Gasteiger partial charge >= 0.3 is 0 Å². The fourth-order valence-electron chi connectivity index (χ4n) is 3.74. The second kappa shape index (κ2) is 9.94. The molecule has 32 heavy (non-hydrogen) atoms. The van der Waals surface area contributed by atoms with Crippen molar-refractivity contribution in [1.82, 2.24) is 10.6 Å². The highest BCUT2D eigenvalue weighted by atomic mass is 19.1. The van der Waals surface area contributed by atoms with Gasteiger partial charge in [0.1, 0.15) is 23.0 Å². The highest BCUT2D eigenvalue weighted by Crippen LogP contribution is 2.32. The molecule has 174 valence electrons. The van der Waals surface area contributed by atoms with Crippen molar-refractivity contribution in [3.05, 3.63) is 64.7 Å². The molecular weight excluding hydrogens is 418 g/mol. The van der Waals surface area contributed by atoms with E-state index in [2.05, 4.69) is 10.6 Å². The number of aliphatic hydroxyl groups is 2. The number of carbonyl (C=O) groups is 1. The van der Waals surface area contributed by atoms with Gasteiger partial charge in [0.2, 0.25) is 0 Å². The number of aliphatic hydroxyl groups excluding tert-OH is 1. The number of benzene rings is 2. The van der Waals surface area contributed by atoms with E-state index in [1.165, 1.54) is 13.8 Å². The molecule has 1 aliphatic heterocycles. The van der Waals surface area contributed by atoms with E-state index < -0.39 is 35.3 Å². The zero-order valence-electron chi connectivity index (χ0n) is 18.5. The van der Waals surface area contributed by atoms with Gasteiger partial charge in [-0.15, -0.1) is 0 Å². The molecule has 1 amide bonds. The zero-order valence-corrected chi connectivity index (χ0v) is 18.5. The predicted molar refractivity (Wildman–Crippen MR) is 116 cm³/mol. The number of rotatable bonds is 8. The van der Waals surface area contributed by atoms with Crippen LogP contribution < -0.4 is 15.4 Å². The van der Waals surface area contributed by atoms with Gasteiger partial charge in [0.05, 0.1) is 18.8 Å². The van der Waals surface area contributed by atoms with E-state index >= 15 is 0 Å². The monoisotopic (exact) mass is 448 g/mol. The van der Waals surface area contributed by atoms with Crippen LogP contribution in [0, 0.1) is 18.6 Å². The average molecular weight is 449 g/mol. The van der Waals surface area contributed by atoms with Crippen molar-refractivity contribution in [2.75, 3.05) is 13.2 Å². The molecule has 1 aliphatic rings. The summed E-state index contributed by atoms with van der Waals surface area (Å²) in [4.78, 5) is 12.4. The summed E-state index contributed by atoms with van der Waals surface area (Å²) in [5.41, 5.74) is 0.697. The topological polar surface area (TPSA) is 90.8 Å². The largest absolute Gasteiger partial charge is 0.493 e. The Hall–Kier alpha value is -2.55. The number of nitrogens with one attached hydrogen (secondary N) is 2. The van der Waals surface area contributed by atoms with Gasteiger partial charge in [-0.2, -0.15) is 0 Å². The molecule has 0 saturated heterocycles. The van der Waals surface area contributed by atoms with Crippen molar-refractivity contribution in [3.8, 4) is 5.75 Å². The van der Waals surface area contributed by atoms with E-state index in [1.807, 2.05) is 25.1 Å². The fourth-order valence-corrected chi connectivity index (χ4v) is 3.74. The molecule has 3 atom stereocenters. The lowest BCUT2D eigenvalue weighted by molar-refractivity contribution is -0.138. The number of aryl methyl sites for hydroxylation is 1. The Morgan fingerprint density at radius 3 is 2.56 bits per heavy atom. The van der Waals surface area contributed by atoms with Gasteiger partial charge in [0.15, 0.2) is 0 Å². The predicted octanol–water partition coefficient (Wildman–Crippen LogP) is 2.55. The molecule has 0 saturated carbocycles. The number of hydrogen-bond acceptors (Lipinski definition) is 5. The lowest BCUT2D eigenvalue weighted by atomic mass is 9.96. The maximum atomic E-state index is 13.6. The van der Waals surface area contributed by atoms with Gasteiger partial charge in [-0.3, -0.25) is 4.79 Å². The summed E-state index contributed by atoms with van der Waals surface area (Å²) in [6.45, 7) is 5.29. The Morgan fingerprint density at radius 1 is 1.22 bits per heavy atom. The number of hydrogen-bond donors (Lipinski definition) is 4. The number of halogens is 2. The molecule has 0 bridgehead atoms. The summed E-state index contributed by atoms with van der Waals surface area (Å²) in [5, 5.41) is 26.8. The summed E-state index contributed by atoms with van der Waals surface area (Å²) in [6, 6.07) is 8.06. The number of amides is 1.